The molecule has 1 N–H and O–H groups in total. The molecule has 1 amide bonds. The molecule has 1 fully saturated rings. The zero-order valence-corrected chi connectivity index (χ0v) is 16.4. The number of hydrogen-bond donors (Lipinski definition) is 1. The highest BCUT2D eigenvalue weighted by molar-refractivity contribution is 5.68. The van der Waals surface area contributed by atoms with Gasteiger partial charge >= 0.3 is 6.09 Å². The van der Waals surface area contributed by atoms with E-state index in [0.29, 0.717) is 13.1 Å². The van der Waals surface area contributed by atoms with Crippen LogP contribution in [-0.4, -0.2) is 40.9 Å². The van der Waals surface area contributed by atoms with E-state index < -0.39 is 5.60 Å². The molecule has 2 unspecified atom stereocenters. The number of aliphatic hydroxyl groups excluding tert-OH is 1. The highest BCUT2D eigenvalue weighted by Gasteiger charge is 2.32. The molecular weight excluding hydrogens is 302 g/mol. The van der Waals surface area contributed by atoms with Gasteiger partial charge in [-0.3, -0.25) is 0 Å². The van der Waals surface area contributed by atoms with Gasteiger partial charge in [0.25, 0.3) is 0 Å². The highest BCUT2D eigenvalue weighted by Crippen LogP contribution is 2.25. The van der Waals surface area contributed by atoms with Crippen molar-refractivity contribution in [1.82, 2.24) is 4.90 Å². The number of carbonyl (C=O) groups excluding carboxylic acids is 1. The fraction of sp³-hybridized carbons (Fsp3) is 0.950. The van der Waals surface area contributed by atoms with Crippen molar-refractivity contribution >= 4 is 6.09 Å². The lowest BCUT2D eigenvalue weighted by molar-refractivity contribution is 0.0265. The number of aliphatic hydroxyl groups is 1. The lowest BCUT2D eigenvalue weighted by Gasteiger charge is -2.25. The summed E-state index contributed by atoms with van der Waals surface area (Å²) in [6, 6.07) is 0. The van der Waals surface area contributed by atoms with Crippen molar-refractivity contribution in [3.8, 4) is 0 Å². The topological polar surface area (TPSA) is 49.8 Å². The predicted octanol–water partition coefficient (Wildman–Crippen LogP) is 5.14. The molecule has 1 aliphatic heterocycles. The third kappa shape index (κ3) is 8.91. The van der Waals surface area contributed by atoms with Gasteiger partial charge in [-0.1, -0.05) is 58.3 Å². The maximum atomic E-state index is 12.1. The van der Waals surface area contributed by atoms with Crippen LogP contribution in [0.15, 0.2) is 0 Å². The van der Waals surface area contributed by atoms with E-state index in [1.54, 1.807) is 4.90 Å². The number of carbonyl (C=O) groups is 1. The summed E-state index contributed by atoms with van der Waals surface area (Å²) in [7, 11) is 0. The monoisotopic (exact) mass is 341 g/mol. The molecule has 2 atom stereocenters. The maximum absolute atomic E-state index is 12.1. The van der Waals surface area contributed by atoms with Crippen molar-refractivity contribution in [3.63, 3.8) is 0 Å². The predicted molar refractivity (Wildman–Crippen MR) is 99.1 cm³/mol. The van der Waals surface area contributed by atoms with Crippen LogP contribution in [0.1, 0.15) is 91.9 Å². The van der Waals surface area contributed by atoms with Crippen molar-refractivity contribution < 1.29 is 14.6 Å². The van der Waals surface area contributed by atoms with E-state index in [1.165, 1.54) is 44.9 Å². The summed E-state index contributed by atoms with van der Waals surface area (Å²) in [4.78, 5) is 13.8. The smallest absolute Gasteiger partial charge is 0.410 e. The van der Waals surface area contributed by atoms with Gasteiger partial charge in [0.05, 0.1) is 6.10 Å². The summed E-state index contributed by atoms with van der Waals surface area (Å²) >= 11 is 0. The Kier molecular flexibility index (Phi) is 9.72. The van der Waals surface area contributed by atoms with Crippen LogP contribution in [0.4, 0.5) is 4.79 Å². The van der Waals surface area contributed by atoms with E-state index in [9.17, 15) is 9.90 Å². The maximum Gasteiger partial charge on any atom is 0.410 e. The standard InChI is InChI=1S/C20H39NO3/c1-5-6-7-8-9-10-11-12-13-18(22)17-14-15-21(16-17)19(23)24-20(2,3)4/h17-18,22H,5-16H2,1-4H3. The molecule has 1 saturated heterocycles. The SMILES string of the molecule is CCCCCCCCCCC(O)C1CCN(C(=O)OC(C)(C)C)C1. The van der Waals surface area contributed by atoms with Gasteiger partial charge in [0, 0.05) is 19.0 Å². The Bertz CT molecular complexity index is 351. The van der Waals surface area contributed by atoms with E-state index >= 15 is 0 Å². The molecule has 0 spiro atoms. The highest BCUT2D eigenvalue weighted by atomic mass is 16.6. The molecule has 1 aliphatic rings. The minimum absolute atomic E-state index is 0.210. The lowest BCUT2D eigenvalue weighted by atomic mass is 9.96. The average molecular weight is 342 g/mol. The number of nitrogens with zero attached hydrogens (tertiary/aromatic N) is 1. The zero-order valence-electron chi connectivity index (χ0n) is 16.4. The molecule has 24 heavy (non-hydrogen) atoms. The molecule has 4 heteroatoms. The van der Waals surface area contributed by atoms with Gasteiger partial charge in [-0.2, -0.15) is 0 Å². The van der Waals surface area contributed by atoms with Crippen LogP contribution < -0.4 is 0 Å². The Labute approximate surface area is 148 Å². The Morgan fingerprint density at radius 3 is 2.29 bits per heavy atom. The van der Waals surface area contributed by atoms with E-state index in [0.717, 1.165) is 19.3 Å². The van der Waals surface area contributed by atoms with E-state index in [1.807, 2.05) is 20.8 Å². The van der Waals surface area contributed by atoms with Crippen LogP contribution in [0.5, 0.6) is 0 Å². The molecular formula is C20H39NO3. The van der Waals surface area contributed by atoms with E-state index in [4.69, 9.17) is 4.74 Å². The number of rotatable bonds is 10. The van der Waals surface area contributed by atoms with Crippen molar-refractivity contribution in [3.05, 3.63) is 0 Å². The first-order chi connectivity index (χ1) is 11.3. The Balaban J connectivity index is 2.12. The molecule has 1 rings (SSSR count). The van der Waals surface area contributed by atoms with Crippen molar-refractivity contribution in [2.45, 2.75) is 104 Å². The first-order valence-corrected chi connectivity index (χ1v) is 9.99. The molecule has 0 aliphatic carbocycles. The quantitative estimate of drug-likeness (QED) is 0.560. The van der Waals surface area contributed by atoms with Crippen LogP contribution in [0.2, 0.25) is 0 Å². The summed E-state index contributed by atoms with van der Waals surface area (Å²) in [6.45, 7) is 9.23. The van der Waals surface area contributed by atoms with Gasteiger partial charge in [-0.15, -0.1) is 0 Å². The fourth-order valence-corrected chi connectivity index (χ4v) is 3.32. The first kappa shape index (κ1) is 21.3. The van der Waals surface area contributed by atoms with Gasteiger partial charge in [0.15, 0.2) is 0 Å². The lowest BCUT2D eigenvalue weighted by Crippen LogP contribution is -2.36. The number of amides is 1. The summed E-state index contributed by atoms with van der Waals surface area (Å²) in [6.07, 6.45) is 11.5. The molecule has 0 radical (unpaired) electrons. The second kappa shape index (κ2) is 11.0. The Morgan fingerprint density at radius 1 is 1.12 bits per heavy atom. The van der Waals surface area contributed by atoms with Gasteiger partial charge < -0.3 is 14.7 Å². The normalized spacial score (nSPS) is 19.5. The van der Waals surface area contributed by atoms with Crippen LogP contribution in [0, 0.1) is 5.92 Å². The van der Waals surface area contributed by atoms with Crippen molar-refractivity contribution in [2.24, 2.45) is 5.92 Å². The summed E-state index contributed by atoms with van der Waals surface area (Å²) in [5.74, 6) is 0.210. The number of unbranched alkanes of at least 4 members (excludes halogenated alkanes) is 7. The van der Waals surface area contributed by atoms with Crippen molar-refractivity contribution in [2.75, 3.05) is 13.1 Å². The van der Waals surface area contributed by atoms with Gasteiger partial charge in [-0.25, -0.2) is 4.79 Å². The third-order valence-electron chi connectivity index (χ3n) is 4.77. The van der Waals surface area contributed by atoms with Crippen LogP contribution in [-0.2, 0) is 4.74 Å². The van der Waals surface area contributed by atoms with Gasteiger partial charge in [0.1, 0.15) is 5.60 Å². The zero-order chi connectivity index (χ0) is 18.0. The molecule has 0 aromatic rings. The summed E-state index contributed by atoms with van der Waals surface area (Å²) < 4.78 is 5.41. The van der Waals surface area contributed by atoms with Crippen LogP contribution >= 0.6 is 0 Å². The summed E-state index contributed by atoms with van der Waals surface area (Å²) in [5.41, 5.74) is -0.453. The second-order valence-electron chi connectivity index (χ2n) is 8.31. The van der Waals surface area contributed by atoms with Crippen molar-refractivity contribution in [1.29, 1.82) is 0 Å². The Hall–Kier alpha value is -0.770. The third-order valence-corrected chi connectivity index (χ3v) is 4.77. The van der Waals surface area contributed by atoms with Gasteiger partial charge in [0.2, 0.25) is 0 Å². The molecule has 0 saturated carbocycles. The first-order valence-electron chi connectivity index (χ1n) is 9.99. The molecule has 0 aromatic carbocycles. The second-order valence-corrected chi connectivity index (χ2v) is 8.31. The minimum atomic E-state index is -0.453. The van der Waals surface area contributed by atoms with Crippen LogP contribution in [0.3, 0.4) is 0 Å². The van der Waals surface area contributed by atoms with E-state index in [2.05, 4.69) is 6.92 Å². The van der Waals surface area contributed by atoms with E-state index in [-0.39, 0.29) is 18.1 Å². The number of likely N-dealkylation sites (tertiary alicyclic amines) is 1. The largest absolute Gasteiger partial charge is 0.444 e. The molecule has 0 aromatic heterocycles. The molecule has 142 valence electrons. The van der Waals surface area contributed by atoms with Gasteiger partial charge in [-0.05, 0) is 33.6 Å². The fourth-order valence-electron chi connectivity index (χ4n) is 3.32. The number of ether oxygens (including phenoxy) is 1. The molecule has 4 nitrogen and oxygen atoms in total. The van der Waals surface area contributed by atoms with Crippen LogP contribution in [0.25, 0.3) is 0 Å². The minimum Gasteiger partial charge on any atom is -0.444 e. The average Bonchev–Trinajstić information content (AvgIpc) is 2.98. The molecule has 1 heterocycles. The molecule has 0 bridgehead atoms. The Morgan fingerprint density at radius 2 is 1.71 bits per heavy atom. The number of hydrogen-bond acceptors (Lipinski definition) is 3. The summed E-state index contributed by atoms with van der Waals surface area (Å²) in [5, 5.41) is 10.4.